The van der Waals surface area contributed by atoms with Crippen molar-refractivity contribution in [1.29, 1.82) is 0 Å². The zero-order chi connectivity index (χ0) is 18.2. The fourth-order valence-corrected chi connectivity index (χ4v) is 2.08. The number of carbonyl (C=O) groups excluding carboxylic acids is 2. The molecule has 0 spiro atoms. The number of para-hydroxylation sites is 1. The van der Waals surface area contributed by atoms with Crippen LogP contribution in [0.5, 0.6) is 0 Å². The molecular weight excluding hydrogens is 330 g/mol. The molecule has 1 rings (SSSR count). The number of benzene rings is 1. The van der Waals surface area contributed by atoms with E-state index in [1.54, 1.807) is 17.0 Å². The van der Waals surface area contributed by atoms with Gasteiger partial charge in [-0.2, -0.15) is 0 Å². The molecule has 2 N–H and O–H groups in total. The summed E-state index contributed by atoms with van der Waals surface area (Å²) in [6.07, 6.45) is -0.381. The van der Waals surface area contributed by atoms with Crippen LogP contribution in [0, 0.1) is 0 Å². The first kappa shape index (κ1) is 20.1. The SMILES string of the molecule is CCN(CCNC(=O)CNc1ccccc1Cl)C(=O)OC(C)(C)C. The maximum atomic E-state index is 12.0. The van der Waals surface area contributed by atoms with Crippen molar-refractivity contribution in [2.75, 3.05) is 31.5 Å². The highest BCUT2D eigenvalue weighted by atomic mass is 35.5. The van der Waals surface area contributed by atoms with Gasteiger partial charge in [-0.1, -0.05) is 23.7 Å². The highest BCUT2D eigenvalue weighted by molar-refractivity contribution is 6.33. The Kier molecular flexibility index (Phi) is 7.85. The van der Waals surface area contributed by atoms with Crippen molar-refractivity contribution in [3.8, 4) is 0 Å². The van der Waals surface area contributed by atoms with Gasteiger partial charge in [0.2, 0.25) is 5.91 Å². The number of anilines is 1. The number of hydrogen-bond donors (Lipinski definition) is 2. The number of amides is 2. The molecule has 0 aromatic heterocycles. The van der Waals surface area contributed by atoms with Crippen LogP contribution in [0.2, 0.25) is 5.02 Å². The predicted molar refractivity (Wildman–Crippen MR) is 96.4 cm³/mol. The van der Waals surface area contributed by atoms with E-state index in [2.05, 4.69) is 10.6 Å². The average Bonchev–Trinajstić information content (AvgIpc) is 2.49. The van der Waals surface area contributed by atoms with Crippen LogP contribution in [0.3, 0.4) is 0 Å². The minimum Gasteiger partial charge on any atom is -0.444 e. The van der Waals surface area contributed by atoms with Crippen LogP contribution in [0.15, 0.2) is 24.3 Å². The zero-order valence-electron chi connectivity index (χ0n) is 14.7. The van der Waals surface area contributed by atoms with Gasteiger partial charge in [-0.25, -0.2) is 4.79 Å². The Morgan fingerprint density at radius 1 is 1.25 bits per heavy atom. The fourth-order valence-electron chi connectivity index (χ4n) is 1.88. The summed E-state index contributed by atoms with van der Waals surface area (Å²) in [4.78, 5) is 25.4. The third-order valence-electron chi connectivity index (χ3n) is 3.05. The summed E-state index contributed by atoms with van der Waals surface area (Å²) in [6.45, 7) is 8.71. The number of nitrogens with one attached hydrogen (secondary N) is 2. The molecule has 24 heavy (non-hydrogen) atoms. The van der Waals surface area contributed by atoms with E-state index in [4.69, 9.17) is 16.3 Å². The highest BCUT2D eigenvalue weighted by Gasteiger charge is 2.20. The Morgan fingerprint density at radius 2 is 1.92 bits per heavy atom. The molecule has 0 aliphatic rings. The lowest BCUT2D eigenvalue weighted by Crippen LogP contribution is -2.42. The number of likely N-dealkylation sites (N-methyl/N-ethyl adjacent to an activating group) is 1. The number of ether oxygens (including phenoxy) is 1. The molecule has 0 bridgehead atoms. The van der Waals surface area contributed by atoms with Crippen molar-refractivity contribution in [3.63, 3.8) is 0 Å². The van der Waals surface area contributed by atoms with Gasteiger partial charge in [0.15, 0.2) is 0 Å². The van der Waals surface area contributed by atoms with E-state index in [1.807, 2.05) is 39.8 Å². The molecule has 1 aromatic rings. The van der Waals surface area contributed by atoms with E-state index < -0.39 is 5.60 Å². The van der Waals surface area contributed by atoms with Gasteiger partial charge in [0.25, 0.3) is 0 Å². The zero-order valence-corrected chi connectivity index (χ0v) is 15.4. The Hall–Kier alpha value is -1.95. The fraction of sp³-hybridized carbons (Fsp3) is 0.529. The number of hydrogen-bond acceptors (Lipinski definition) is 4. The molecule has 6 nitrogen and oxygen atoms in total. The molecule has 1 aromatic carbocycles. The molecule has 0 saturated heterocycles. The third kappa shape index (κ3) is 7.55. The molecule has 2 amide bonds. The second kappa shape index (κ2) is 9.37. The van der Waals surface area contributed by atoms with E-state index in [-0.39, 0.29) is 18.5 Å². The van der Waals surface area contributed by atoms with Gasteiger partial charge >= 0.3 is 6.09 Å². The smallest absolute Gasteiger partial charge is 0.410 e. The van der Waals surface area contributed by atoms with Gasteiger partial charge in [0, 0.05) is 19.6 Å². The lowest BCUT2D eigenvalue weighted by Gasteiger charge is -2.26. The standard InChI is InChI=1S/C17H26ClN3O3/c1-5-21(16(23)24-17(2,3)4)11-10-19-15(22)12-20-14-9-7-6-8-13(14)18/h6-9,20H,5,10-12H2,1-4H3,(H,19,22). The van der Waals surface area contributed by atoms with Crippen molar-refractivity contribution in [2.24, 2.45) is 0 Å². The van der Waals surface area contributed by atoms with Gasteiger partial charge < -0.3 is 20.3 Å². The number of nitrogens with zero attached hydrogens (tertiary/aromatic N) is 1. The van der Waals surface area contributed by atoms with Crippen LogP contribution < -0.4 is 10.6 Å². The van der Waals surface area contributed by atoms with Crippen LogP contribution in [0.4, 0.5) is 10.5 Å². The summed E-state index contributed by atoms with van der Waals surface area (Å²) < 4.78 is 5.31. The second-order valence-corrected chi connectivity index (χ2v) is 6.65. The van der Waals surface area contributed by atoms with Crippen LogP contribution in [0.25, 0.3) is 0 Å². The third-order valence-corrected chi connectivity index (χ3v) is 3.38. The summed E-state index contributed by atoms with van der Waals surface area (Å²) in [5.74, 6) is -0.171. The van der Waals surface area contributed by atoms with Crippen LogP contribution in [-0.4, -0.2) is 48.7 Å². The normalized spacial score (nSPS) is 10.9. The van der Waals surface area contributed by atoms with E-state index in [0.29, 0.717) is 30.3 Å². The molecule has 7 heteroatoms. The van der Waals surface area contributed by atoms with Crippen molar-refractivity contribution < 1.29 is 14.3 Å². The molecule has 0 unspecified atom stereocenters. The molecule has 0 atom stereocenters. The maximum Gasteiger partial charge on any atom is 0.410 e. The lowest BCUT2D eigenvalue weighted by atomic mass is 10.2. The summed E-state index contributed by atoms with van der Waals surface area (Å²) in [5.41, 5.74) is 0.172. The average molecular weight is 356 g/mol. The molecule has 0 heterocycles. The van der Waals surface area contributed by atoms with E-state index in [9.17, 15) is 9.59 Å². The molecule has 0 aliphatic heterocycles. The first-order valence-corrected chi connectivity index (χ1v) is 8.33. The maximum absolute atomic E-state index is 12.0. The van der Waals surface area contributed by atoms with Crippen LogP contribution in [0.1, 0.15) is 27.7 Å². The minimum atomic E-state index is -0.535. The summed E-state index contributed by atoms with van der Waals surface area (Å²) >= 11 is 6.01. The summed E-state index contributed by atoms with van der Waals surface area (Å²) in [6, 6.07) is 7.22. The molecule has 0 saturated carbocycles. The molecule has 134 valence electrons. The van der Waals surface area contributed by atoms with Gasteiger partial charge in [-0.3, -0.25) is 4.79 Å². The Balaban J connectivity index is 2.33. The lowest BCUT2D eigenvalue weighted by molar-refractivity contribution is -0.119. The highest BCUT2D eigenvalue weighted by Crippen LogP contribution is 2.19. The van der Waals surface area contributed by atoms with E-state index >= 15 is 0 Å². The molecular formula is C17H26ClN3O3. The predicted octanol–water partition coefficient (Wildman–Crippen LogP) is 3.13. The second-order valence-electron chi connectivity index (χ2n) is 6.24. The summed E-state index contributed by atoms with van der Waals surface area (Å²) in [7, 11) is 0. The largest absolute Gasteiger partial charge is 0.444 e. The van der Waals surface area contributed by atoms with Crippen molar-refractivity contribution >= 4 is 29.3 Å². The van der Waals surface area contributed by atoms with Crippen LogP contribution >= 0.6 is 11.6 Å². The van der Waals surface area contributed by atoms with Crippen molar-refractivity contribution in [3.05, 3.63) is 29.3 Å². The van der Waals surface area contributed by atoms with Gasteiger partial charge in [-0.05, 0) is 39.8 Å². The Bertz CT molecular complexity index is 558. The van der Waals surface area contributed by atoms with Gasteiger partial charge in [0.1, 0.15) is 5.60 Å². The van der Waals surface area contributed by atoms with Crippen LogP contribution in [-0.2, 0) is 9.53 Å². The number of carbonyl (C=O) groups is 2. The van der Waals surface area contributed by atoms with Gasteiger partial charge in [-0.15, -0.1) is 0 Å². The Morgan fingerprint density at radius 3 is 2.50 bits per heavy atom. The topological polar surface area (TPSA) is 70.7 Å². The minimum absolute atomic E-state index is 0.113. The van der Waals surface area contributed by atoms with E-state index in [0.717, 1.165) is 0 Å². The first-order valence-electron chi connectivity index (χ1n) is 7.96. The van der Waals surface area contributed by atoms with E-state index in [1.165, 1.54) is 0 Å². The number of rotatable bonds is 7. The van der Waals surface area contributed by atoms with Crippen molar-refractivity contribution in [2.45, 2.75) is 33.3 Å². The summed E-state index contributed by atoms with van der Waals surface area (Å²) in [5, 5.41) is 6.29. The first-order chi connectivity index (χ1) is 11.2. The number of halogens is 1. The quantitative estimate of drug-likeness (QED) is 0.788. The molecule has 0 radical (unpaired) electrons. The molecule has 0 fully saturated rings. The Labute approximate surface area is 148 Å². The molecule has 0 aliphatic carbocycles. The van der Waals surface area contributed by atoms with Crippen molar-refractivity contribution in [1.82, 2.24) is 10.2 Å². The monoisotopic (exact) mass is 355 g/mol. The van der Waals surface area contributed by atoms with Gasteiger partial charge in [0.05, 0.1) is 17.3 Å².